The Labute approximate surface area is 185 Å². The molecule has 9 nitrogen and oxygen atoms in total. The lowest BCUT2D eigenvalue weighted by molar-refractivity contribution is -0.175. The Kier molecular flexibility index (Phi) is 4.77. The van der Waals surface area contributed by atoms with E-state index in [1.807, 2.05) is 13.1 Å². The molecule has 2 heterocycles. The number of ether oxygens (including phenoxy) is 3. The number of aliphatic hydroxyl groups is 1. The van der Waals surface area contributed by atoms with E-state index in [1.54, 1.807) is 12.1 Å². The van der Waals surface area contributed by atoms with Crippen molar-refractivity contribution < 1.29 is 34.0 Å². The summed E-state index contributed by atoms with van der Waals surface area (Å²) in [5.74, 6) is -0.685. The van der Waals surface area contributed by atoms with Crippen molar-refractivity contribution in [3.05, 3.63) is 35.1 Å². The van der Waals surface area contributed by atoms with Gasteiger partial charge in [0.25, 0.3) is 0 Å². The molecule has 0 amide bonds. The van der Waals surface area contributed by atoms with Crippen LogP contribution in [0.2, 0.25) is 0 Å². The van der Waals surface area contributed by atoms with Gasteiger partial charge < -0.3 is 35.1 Å². The maximum Gasteiger partial charge on any atom is 0.352 e. The third-order valence-electron chi connectivity index (χ3n) is 7.56. The lowest BCUT2D eigenvalue weighted by Gasteiger charge is -2.61. The Bertz CT molecular complexity index is 1020. The molecule has 2 aliphatic heterocycles. The van der Waals surface area contributed by atoms with Crippen LogP contribution < -0.4 is 10.5 Å². The van der Waals surface area contributed by atoms with Crippen LogP contribution in [0.25, 0.3) is 0 Å². The lowest BCUT2D eigenvalue weighted by Crippen LogP contribution is -2.74. The fourth-order valence-corrected chi connectivity index (χ4v) is 6.06. The number of esters is 2. The monoisotopic (exact) mass is 444 g/mol. The summed E-state index contributed by atoms with van der Waals surface area (Å²) in [4.78, 5) is 26.6. The first-order chi connectivity index (χ1) is 15.2. The summed E-state index contributed by atoms with van der Waals surface area (Å²) in [5, 5.41) is 22.6. The van der Waals surface area contributed by atoms with Gasteiger partial charge in [0, 0.05) is 24.6 Å². The van der Waals surface area contributed by atoms with Crippen LogP contribution in [0, 0.1) is 0 Å². The summed E-state index contributed by atoms with van der Waals surface area (Å²) in [7, 11) is 2.00. The van der Waals surface area contributed by atoms with Crippen LogP contribution in [0.15, 0.2) is 24.0 Å². The minimum absolute atomic E-state index is 0.00186. The summed E-state index contributed by atoms with van der Waals surface area (Å²) in [6, 6.07) is 3.36. The highest BCUT2D eigenvalue weighted by molar-refractivity contribution is 5.80. The summed E-state index contributed by atoms with van der Waals surface area (Å²) in [5.41, 5.74) is 5.23. The number of nitrogens with zero attached hydrogens (tertiary/aromatic N) is 1. The molecule has 1 fully saturated rings. The van der Waals surface area contributed by atoms with Gasteiger partial charge >= 0.3 is 11.9 Å². The summed E-state index contributed by atoms with van der Waals surface area (Å²) in [6.07, 6.45) is 1.32. The highest BCUT2D eigenvalue weighted by Crippen LogP contribution is 2.65. The number of piperidine rings is 1. The first-order valence-electron chi connectivity index (χ1n) is 11.0. The number of likely N-dealkylation sites (tertiary alicyclic amines) is 1. The van der Waals surface area contributed by atoms with Gasteiger partial charge in [0.1, 0.15) is 5.76 Å². The first-order valence-corrected chi connectivity index (χ1v) is 11.0. The van der Waals surface area contributed by atoms with Crippen LogP contribution in [0.5, 0.6) is 11.5 Å². The maximum absolute atomic E-state index is 12.7. The normalized spacial score (nSPS) is 32.9. The number of carbonyl (C=O) groups is 2. The molecule has 0 saturated carbocycles. The number of hydrogen-bond acceptors (Lipinski definition) is 9. The Morgan fingerprint density at radius 2 is 2.19 bits per heavy atom. The van der Waals surface area contributed by atoms with Crippen LogP contribution in [-0.4, -0.2) is 71.0 Å². The smallest absolute Gasteiger partial charge is 0.352 e. The number of likely N-dealkylation sites (N-methyl/N-ethyl adjacent to an activating group) is 1. The number of phenolic OH excluding ortho intramolecular Hbond substituents is 1. The second-order valence-electron chi connectivity index (χ2n) is 9.19. The van der Waals surface area contributed by atoms with E-state index >= 15 is 0 Å². The Morgan fingerprint density at radius 1 is 1.41 bits per heavy atom. The number of carbonyl (C=O) groups excluding carboxylic acids is 2. The minimum Gasteiger partial charge on any atom is -0.504 e. The number of rotatable bonds is 5. The van der Waals surface area contributed by atoms with E-state index < -0.39 is 35.2 Å². The first kappa shape index (κ1) is 21.2. The van der Waals surface area contributed by atoms with Gasteiger partial charge in [-0.25, -0.2) is 4.79 Å². The largest absolute Gasteiger partial charge is 0.504 e. The van der Waals surface area contributed by atoms with Crippen molar-refractivity contribution in [1.29, 1.82) is 0 Å². The summed E-state index contributed by atoms with van der Waals surface area (Å²) < 4.78 is 17.0. The molecule has 9 heteroatoms. The number of aromatic hydroxyl groups is 1. The molecule has 4 N–H and O–H groups in total. The predicted molar refractivity (Wildman–Crippen MR) is 112 cm³/mol. The second-order valence-corrected chi connectivity index (χ2v) is 9.19. The average molecular weight is 444 g/mol. The van der Waals surface area contributed by atoms with Crippen molar-refractivity contribution in [2.75, 3.05) is 20.1 Å². The SMILES string of the molecule is C[C@H](OC(=O)CCN)C(=O)OC1=CC[C@@]2(O)[C@@H]3Cc4ccc(O)c5c4[C@@]2(CCN3C)[C@H]1O5. The van der Waals surface area contributed by atoms with Crippen LogP contribution in [0.3, 0.4) is 0 Å². The fourth-order valence-electron chi connectivity index (χ4n) is 6.06. The molecule has 0 radical (unpaired) electrons. The highest BCUT2D eigenvalue weighted by atomic mass is 16.6. The van der Waals surface area contributed by atoms with E-state index in [4.69, 9.17) is 19.9 Å². The van der Waals surface area contributed by atoms with E-state index in [2.05, 4.69) is 4.90 Å². The van der Waals surface area contributed by atoms with E-state index in [0.29, 0.717) is 18.6 Å². The number of nitrogens with two attached hydrogens (primary N) is 1. The third-order valence-corrected chi connectivity index (χ3v) is 7.56. The van der Waals surface area contributed by atoms with Gasteiger partial charge in [0.15, 0.2) is 23.7 Å². The minimum atomic E-state index is -1.13. The van der Waals surface area contributed by atoms with Crippen LogP contribution in [0.1, 0.15) is 37.3 Å². The lowest BCUT2D eigenvalue weighted by atomic mass is 9.50. The zero-order valence-electron chi connectivity index (χ0n) is 18.2. The van der Waals surface area contributed by atoms with Crippen LogP contribution in [-0.2, 0) is 30.9 Å². The molecule has 1 aromatic rings. The van der Waals surface area contributed by atoms with Crippen molar-refractivity contribution in [1.82, 2.24) is 4.90 Å². The molecule has 5 rings (SSSR count). The third kappa shape index (κ3) is 2.68. The molecule has 5 atom stereocenters. The molecule has 172 valence electrons. The van der Waals surface area contributed by atoms with Crippen molar-refractivity contribution in [2.24, 2.45) is 5.73 Å². The Hall–Kier alpha value is -2.62. The van der Waals surface area contributed by atoms with Gasteiger partial charge in [-0.1, -0.05) is 6.07 Å². The zero-order chi connectivity index (χ0) is 22.8. The number of hydrogen-bond donors (Lipinski definition) is 3. The van der Waals surface area contributed by atoms with Crippen molar-refractivity contribution in [2.45, 2.75) is 61.9 Å². The van der Waals surface area contributed by atoms with Crippen LogP contribution >= 0.6 is 0 Å². The zero-order valence-corrected chi connectivity index (χ0v) is 18.2. The summed E-state index contributed by atoms with van der Waals surface area (Å²) in [6.45, 7) is 2.30. The van der Waals surface area contributed by atoms with Crippen LogP contribution in [0.4, 0.5) is 0 Å². The fraction of sp³-hybridized carbons (Fsp3) is 0.565. The average Bonchev–Trinajstić information content (AvgIpc) is 3.10. The molecule has 1 aromatic carbocycles. The molecule has 2 bridgehead atoms. The van der Waals surface area contributed by atoms with Crippen molar-refractivity contribution in [3.8, 4) is 11.5 Å². The predicted octanol–water partition coefficient (Wildman–Crippen LogP) is 0.494. The van der Waals surface area contributed by atoms with E-state index in [-0.39, 0.29) is 36.9 Å². The van der Waals surface area contributed by atoms with E-state index in [9.17, 15) is 19.8 Å². The van der Waals surface area contributed by atoms with Crippen molar-refractivity contribution in [3.63, 3.8) is 0 Å². The van der Waals surface area contributed by atoms with Gasteiger partial charge in [-0.3, -0.25) is 4.79 Å². The number of phenols is 1. The molecule has 2 aliphatic carbocycles. The standard InChI is InChI=1S/C23H28N2O7/c1-12(30-17(27)6-9-24)21(28)31-15-5-7-23(29)16-11-13-3-4-14(26)19-18(13)22(23,20(15)32-19)8-10-25(16)2/h3-5,12,16,20,26,29H,6-11,24H2,1-2H3/t12-,16-,20-,22-,23+/m0/s1. The van der Waals surface area contributed by atoms with Crippen molar-refractivity contribution >= 4 is 11.9 Å². The maximum atomic E-state index is 12.7. The van der Waals surface area contributed by atoms with Gasteiger partial charge in [0.2, 0.25) is 0 Å². The second kappa shape index (κ2) is 7.19. The molecule has 0 unspecified atom stereocenters. The molecule has 32 heavy (non-hydrogen) atoms. The topological polar surface area (TPSA) is 132 Å². The molecular formula is C23H28N2O7. The van der Waals surface area contributed by atoms with Gasteiger partial charge in [0.05, 0.1) is 17.4 Å². The summed E-state index contributed by atoms with van der Waals surface area (Å²) >= 11 is 0. The Morgan fingerprint density at radius 3 is 2.94 bits per heavy atom. The van der Waals surface area contributed by atoms with E-state index in [1.165, 1.54) is 6.92 Å². The van der Waals surface area contributed by atoms with E-state index in [0.717, 1.165) is 17.7 Å². The van der Waals surface area contributed by atoms with Gasteiger partial charge in [-0.05, 0) is 51.1 Å². The molecule has 1 spiro atoms. The molecular weight excluding hydrogens is 416 g/mol. The molecule has 4 aliphatic rings. The highest BCUT2D eigenvalue weighted by Gasteiger charge is 2.72. The van der Waals surface area contributed by atoms with Gasteiger partial charge in [-0.15, -0.1) is 0 Å². The number of benzene rings is 1. The Balaban J connectivity index is 1.51. The van der Waals surface area contributed by atoms with Gasteiger partial charge in [-0.2, -0.15) is 0 Å². The quantitative estimate of drug-likeness (QED) is 0.555. The molecule has 0 aromatic heterocycles. The molecule has 1 saturated heterocycles.